The lowest BCUT2D eigenvalue weighted by molar-refractivity contribution is -0.137. The van der Waals surface area contributed by atoms with Gasteiger partial charge in [-0.25, -0.2) is 9.97 Å². The molecule has 0 saturated heterocycles. The normalized spacial score (nSPS) is 11.5. The summed E-state index contributed by atoms with van der Waals surface area (Å²) in [7, 11) is 0. The molecule has 0 saturated carbocycles. The van der Waals surface area contributed by atoms with Gasteiger partial charge < -0.3 is 5.32 Å². The molecule has 28 heavy (non-hydrogen) atoms. The predicted molar refractivity (Wildman–Crippen MR) is 102 cm³/mol. The number of hydrogen-bond donors (Lipinski definition) is 1. The van der Waals surface area contributed by atoms with Crippen LogP contribution in [-0.2, 0) is 12.7 Å². The van der Waals surface area contributed by atoms with Gasteiger partial charge in [0, 0.05) is 29.9 Å². The van der Waals surface area contributed by atoms with Gasteiger partial charge in [-0.05, 0) is 35.9 Å². The molecule has 4 rings (SSSR count). The molecule has 0 aliphatic rings. The second kappa shape index (κ2) is 7.26. The lowest BCUT2D eigenvalue weighted by Gasteiger charge is -2.13. The summed E-state index contributed by atoms with van der Waals surface area (Å²) in [6.45, 7) is 0.426. The topological polar surface area (TPSA) is 50.7 Å². The highest BCUT2D eigenvalue weighted by molar-refractivity contribution is 5.91. The van der Waals surface area contributed by atoms with Crippen molar-refractivity contribution in [2.45, 2.75) is 12.7 Å². The average Bonchev–Trinajstić information content (AvgIpc) is 2.72. The summed E-state index contributed by atoms with van der Waals surface area (Å²) in [5.74, 6) is 0.745. The Balaban J connectivity index is 1.81. The highest BCUT2D eigenvalue weighted by Crippen LogP contribution is 2.33. The van der Waals surface area contributed by atoms with Gasteiger partial charge in [-0.2, -0.15) is 13.2 Å². The fourth-order valence-corrected chi connectivity index (χ4v) is 2.85. The van der Waals surface area contributed by atoms with E-state index >= 15 is 0 Å². The van der Waals surface area contributed by atoms with Crippen LogP contribution in [0.3, 0.4) is 0 Å². The van der Waals surface area contributed by atoms with Gasteiger partial charge in [0.1, 0.15) is 5.82 Å². The maximum absolute atomic E-state index is 13.2. The first-order valence-electron chi connectivity index (χ1n) is 8.58. The van der Waals surface area contributed by atoms with Gasteiger partial charge in [0.25, 0.3) is 0 Å². The van der Waals surface area contributed by atoms with Gasteiger partial charge in [-0.1, -0.05) is 30.3 Å². The van der Waals surface area contributed by atoms with Crippen LogP contribution in [0.2, 0.25) is 0 Å². The number of hydrogen-bond acceptors (Lipinski definition) is 4. The van der Waals surface area contributed by atoms with Crippen LogP contribution in [0.15, 0.2) is 73.1 Å². The second-order valence-corrected chi connectivity index (χ2v) is 6.21. The molecule has 0 atom stereocenters. The van der Waals surface area contributed by atoms with E-state index in [1.54, 1.807) is 24.5 Å². The lowest BCUT2D eigenvalue weighted by Crippen LogP contribution is -2.07. The van der Waals surface area contributed by atoms with E-state index in [1.807, 2.05) is 30.3 Å². The van der Waals surface area contributed by atoms with Crippen molar-refractivity contribution >= 4 is 16.7 Å². The highest BCUT2D eigenvalue weighted by Gasteiger charge is 2.31. The monoisotopic (exact) mass is 380 g/mol. The third-order valence-electron chi connectivity index (χ3n) is 4.25. The number of rotatable bonds is 4. The Bertz CT molecular complexity index is 1100. The van der Waals surface area contributed by atoms with Crippen LogP contribution < -0.4 is 5.32 Å². The van der Waals surface area contributed by atoms with Crippen LogP contribution in [0.25, 0.3) is 22.3 Å². The van der Waals surface area contributed by atoms with Crippen LogP contribution in [-0.4, -0.2) is 15.0 Å². The number of fused-ring (bicyclic) bond motifs is 1. The minimum Gasteiger partial charge on any atom is -0.365 e. The van der Waals surface area contributed by atoms with Crippen molar-refractivity contribution in [1.82, 2.24) is 15.0 Å². The van der Waals surface area contributed by atoms with Gasteiger partial charge in [-0.3, -0.25) is 4.98 Å². The van der Waals surface area contributed by atoms with Gasteiger partial charge >= 0.3 is 6.18 Å². The molecule has 0 radical (unpaired) electrons. The maximum atomic E-state index is 13.2. The Morgan fingerprint density at radius 2 is 1.71 bits per heavy atom. The molecule has 2 aromatic heterocycles. The van der Waals surface area contributed by atoms with Crippen molar-refractivity contribution in [2.75, 3.05) is 5.32 Å². The molecule has 0 amide bonds. The van der Waals surface area contributed by atoms with Crippen molar-refractivity contribution in [3.63, 3.8) is 0 Å². The zero-order valence-electron chi connectivity index (χ0n) is 14.6. The fraction of sp³-hybridized carbons (Fsp3) is 0.0952. The third kappa shape index (κ3) is 3.78. The zero-order valence-corrected chi connectivity index (χ0v) is 14.6. The number of aromatic nitrogens is 3. The molecular formula is C21H15F3N4. The number of anilines is 1. The molecule has 2 heterocycles. The predicted octanol–water partition coefficient (Wildman–Crippen LogP) is 5.32. The van der Waals surface area contributed by atoms with E-state index in [2.05, 4.69) is 20.3 Å². The molecule has 1 N–H and O–H groups in total. The molecule has 4 aromatic rings. The second-order valence-electron chi connectivity index (χ2n) is 6.21. The van der Waals surface area contributed by atoms with E-state index < -0.39 is 11.7 Å². The van der Waals surface area contributed by atoms with Crippen molar-refractivity contribution in [2.24, 2.45) is 0 Å². The Hall–Kier alpha value is -3.48. The summed E-state index contributed by atoms with van der Waals surface area (Å²) in [6.07, 6.45) is -1.19. The summed E-state index contributed by atoms with van der Waals surface area (Å²) < 4.78 is 39.5. The summed E-state index contributed by atoms with van der Waals surface area (Å²) in [5, 5.41) is 3.47. The first-order valence-corrected chi connectivity index (χ1v) is 8.58. The Morgan fingerprint density at radius 3 is 2.43 bits per heavy atom. The van der Waals surface area contributed by atoms with Crippen LogP contribution in [0.5, 0.6) is 0 Å². The van der Waals surface area contributed by atoms with Crippen molar-refractivity contribution < 1.29 is 13.2 Å². The zero-order chi connectivity index (χ0) is 19.6. The van der Waals surface area contributed by atoms with Crippen LogP contribution in [0.1, 0.15) is 11.1 Å². The maximum Gasteiger partial charge on any atom is 0.416 e. The molecule has 7 heteroatoms. The van der Waals surface area contributed by atoms with Crippen molar-refractivity contribution in [1.29, 1.82) is 0 Å². The number of pyridine rings is 1. The molecule has 0 aliphatic heterocycles. The summed E-state index contributed by atoms with van der Waals surface area (Å²) in [4.78, 5) is 13.0. The summed E-state index contributed by atoms with van der Waals surface area (Å²) >= 11 is 0. The quantitative estimate of drug-likeness (QED) is 0.520. The average molecular weight is 380 g/mol. The van der Waals surface area contributed by atoms with E-state index in [-0.39, 0.29) is 0 Å². The van der Waals surface area contributed by atoms with E-state index in [9.17, 15) is 13.2 Å². The highest BCUT2D eigenvalue weighted by atomic mass is 19.4. The number of halogens is 3. The summed E-state index contributed by atoms with van der Waals surface area (Å²) in [6, 6.07) is 16.6. The number of nitrogens with zero attached hydrogens (tertiary/aromatic N) is 3. The molecule has 4 nitrogen and oxygen atoms in total. The first-order chi connectivity index (χ1) is 13.5. The molecule has 0 bridgehead atoms. The van der Waals surface area contributed by atoms with Crippen LogP contribution in [0, 0.1) is 0 Å². The Labute approximate surface area is 159 Å². The molecule has 0 unspecified atom stereocenters. The molecule has 140 valence electrons. The standard InChI is InChI=1S/C21H15F3N4/c22-21(23,24)16-8-9-18-17(11-16)20(26-12-14-5-2-1-3-6-14)28-19(27-18)15-7-4-10-25-13-15/h1-11,13H,12H2,(H,26,27,28). The number of nitrogens with one attached hydrogen (secondary N) is 1. The van der Waals surface area contributed by atoms with E-state index in [0.29, 0.717) is 34.7 Å². The first kappa shape index (κ1) is 17.9. The molecule has 0 fully saturated rings. The van der Waals surface area contributed by atoms with Gasteiger partial charge in [0.2, 0.25) is 0 Å². The number of alkyl halides is 3. The van der Waals surface area contributed by atoms with Crippen molar-refractivity contribution in [3.05, 3.63) is 84.2 Å². The molecule has 2 aromatic carbocycles. The van der Waals surface area contributed by atoms with Gasteiger partial charge in [0.15, 0.2) is 5.82 Å². The Kier molecular flexibility index (Phi) is 4.65. The molecule has 0 spiro atoms. The SMILES string of the molecule is FC(F)(F)c1ccc2nc(-c3cccnc3)nc(NCc3ccccc3)c2c1. The third-order valence-corrected chi connectivity index (χ3v) is 4.25. The minimum atomic E-state index is -4.44. The van der Waals surface area contributed by atoms with Crippen molar-refractivity contribution in [3.8, 4) is 11.4 Å². The van der Waals surface area contributed by atoms with E-state index in [1.165, 1.54) is 6.07 Å². The number of benzene rings is 2. The molecular weight excluding hydrogens is 365 g/mol. The fourth-order valence-electron chi connectivity index (χ4n) is 2.85. The smallest absolute Gasteiger partial charge is 0.365 e. The van der Waals surface area contributed by atoms with Gasteiger partial charge in [0.05, 0.1) is 11.1 Å². The van der Waals surface area contributed by atoms with Gasteiger partial charge in [-0.15, -0.1) is 0 Å². The minimum absolute atomic E-state index is 0.318. The lowest BCUT2D eigenvalue weighted by atomic mass is 10.1. The van der Waals surface area contributed by atoms with Crippen LogP contribution >= 0.6 is 0 Å². The van der Waals surface area contributed by atoms with E-state index in [4.69, 9.17) is 0 Å². The summed E-state index contributed by atoms with van der Waals surface area (Å²) in [5.41, 5.74) is 1.37. The van der Waals surface area contributed by atoms with Crippen LogP contribution in [0.4, 0.5) is 19.0 Å². The molecule has 0 aliphatic carbocycles. The van der Waals surface area contributed by atoms with E-state index in [0.717, 1.165) is 17.7 Å². The largest absolute Gasteiger partial charge is 0.416 e. The Morgan fingerprint density at radius 1 is 0.893 bits per heavy atom.